The number of fused-ring (bicyclic) bond motifs is 1. The predicted octanol–water partition coefficient (Wildman–Crippen LogP) is 3.25. The number of piperidine rings is 1. The number of likely N-dealkylation sites (tertiary alicyclic amines) is 1. The number of nitrogens with zero attached hydrogens (tertiary/aromatic N) is 6. The quantitative estimate of drug-likeness (QED) is 0.509. The fraction of sp³-hybridized carbons (Fsp3) is 0.385. The molecule has 2 aliphatic heterocycles. The van der Waals surface area contributed by atoms with Gasteiger partial charge in [0.15, 0.2) is 11.6 Å². The largest absolute Gasteiger partial charge is 0.363 e. The minimum Gasteiger partial charge on any atom is -0.363 e. The van der Waals surface area contributed by atoms with Crippen LogP contribution in [0.5, 0.6) is 0 Å². The van der Waals surface area contributed by atoms with E-state index in [9.17, 15) is 9.18 Å². The number of likely N-dealkylation sites (N-methyl/N-ethyl adjacent to an activating group) is 1. The molecule has 36 heavy (non-hydrogen) atoms. The van der Waals surface area contributed by atoms with Gasteiger partial charge < -0.3 is 25.3 Å². The lowest BCUT2D eigenvalue weighted by atomic mass is 10.1. The smallest absolute Gasteiger partial charge is 0.246 e. The second-order valence-electron chi connectivity index (χ2n) is 9.35. The van der Waals surface area contributed by atoms with Crippen LogP contribution >= 0.6 is 0 Å². The topological polar surface area (TPSA) is 89.5 Å². The Balaban J connectivity index is 1.28. The van der Waals surface area contributed by atoms with Gasteiger partial charge in [0.25, 0.3) is 0 Å². The van der Waals surface area contributed by atoms with Gasteiger partial charge in [0.05, 0.1) is 11.7 Å². The number of amides is 1. The average Bonchev–Trinajstić information content (AvgIpc) is 2.90. The molecular weight excluding hydrogens is 459 g/mol. The molecule has 0 saturated carbocycles. The summed E-state index contributed by atoms with van der Waals surface area (Å²) in [5.74, 6) is 0.741. The molecule has 10 heteroatoms. The van der Waals surface area contributed by atoms with Gasteiger partial charge in [-0.3, -0.25) is 4.79 Å². The zero-order valence-corrected chi connectivity index (χ0v) is 20.5. The van der Waals surface area contributed by atoms with E-state index in [0.29, 0.717) is 13.1 Å². The van der Waals surface area contributed by atoms with E-state index in [1.165, 1.54) is 6.08 Å². The molecular formula is C26H31FN8O. The first kappa shape index (κ1) is 23.9. The summed E-state index contributed by atoms with van der Waals surface area (Å²) in [5, 5.41) is 7.30. The van der Waals surface area contributed by atoms with Crippen LogP contribution in [0.1, 0.15) is 12.8 Å². The van der Waals surface area contributed by atoms with Crippen LogP contribution in [0, 0.1) is 5.82 Å². The summed E-state index contributed by atoms with van der Waals surface area (Å²) in [4.78, 5) is 31.6. The van der Waals surface area contributed by atoms with E-state index in [4.69, 9.17) is 4.98 Å². The number of hydrogen-bond acceptors (Lipinski definition) is 8. The molecule has 0 radical (unpaired) electrons. The molecule has 9 nitrogen and oxygen atoms in total. The Morgan fingerprint density at radius 2 is 1.97 bits per heavy atom. The number of aromatic nitrogens is 3. The number of nitrogens with one attached hydrogen (secondary N) is 2. The summed E-state index contributed by atoms with van der Waals surface area (Å²) in [5.41, 5.74) is 1.70. The van der Waals surface area contributed by atoms with Crippen molar-refractivity contribution in [3.05, 3.63) is 55.0 Å². The lowest BCUT2D eigenvalue weighted by molar-refractivity contribution is -0.127. The maximum atomic E-state index is 14.5. The summed E-state index contributed by atoms with van der Waals surface area (Å²) in [6, 6.07) is 9.89. The molecule has 1 aromatic carbocycles. The number of halogens is 1. The van der Waals surface area contributed by atoms with E-state index in [-0.39, 0.29) is 23.7 Å². The molecule has 4 heterocycles. The summed E-state index contributed by atoms with van der Waals surface area (Å²) >= 11 is 0. The predicted molar refractivity (Wildman–Crippen MR) is 140 cm³/mol. The number of carbonyl (C=O) groups is 1. The van der Waals surface area contributed by atoms with E-state index >= 15 is 0 Å². The highest BCUT2D eigenvalue weighted by Gasteiger charge is 2.23. The second-order valence-corrected chi connectivity index (χ2v) is 9.35. The third-order valence-corrected chi connectivity index (χ3v) is 6.75. The number of rotatable bonds is 6. The lowest BCUT2D eigenvalue weighted by Gasteiger charge is -2.33. The highest BCUT2D eigenvalue weighted by atomic mass is 19.1. The van der Waals surface area contributed by atoms with Crippen molar-refractivity contribution in [1.82, 2.24) is 24.8 Å². The first-order chi connectivity index (χ1) is 17.5. The van der Waals surface area contributed by atoms with E-state index < -0.39 is 5.82 Å². The van der Waals surface area contributed by atoms with E-state index in [1.54, 1.807) is 4.90 Å². The highest BCUT2D eigenvalue weighted by molar-refractivity contribution is 5.87. The molecule has 2 N–H and O–H groups in total. The average molecular weight is 491 g/mol. The van der Waals surface area contributed by atoms with E-state index in [2.05, 4.69) is 56.2 Å². The molecule has 2 fully saturated rings. The van der Waals surface area contributed by atoms with Gasteiger partial charge in [-0.15, -0.1) is 0 Å². The van der Waals surface area contributed by atoms with Crippen molar-refractivity contribution in [1.29, 1.82) is 0 Å². The molecule has 2 aliphatic rings. The lowest BCUT2D eigenvalue weighted by Crippen LogP contribution is -2.44. The maximum absolute atomic E-state index is 14.5. The van der Waals surface area contributed by atoms with Crippen molar-refractivity contribution in [2.24, 2.45) is 0 Å². The van der Waals surface area contributed by atoms with Crippen LogP contribution in [0.15, 0.2) is 49.2 Å². The number of hydrogen-bond donors (Lipinski definition) is 2. The van der Waals surface area contributed by atoms with Crippen LogP contribution < -0.4 is 15.5 Å². The van der Waals surface area contributed by atoms with Gasteiger partial charge >= 0.3 is 0 Å². The van der Waals surface area contributed by atoms with Crippen LogP contribution in [-0.2, 0) is 4.79 Å². The standard InChI is InChI=1S/C26H31FN8O/c1-3-24(36)35-10-4-5-20(17-35)29-25-21(27)16-28-26(32-25)30-19-7-8-22-18(15-19)6-9-23(31-22)34-13-11-33(2)12-14-34/h3,6-9,15-16,20H,1,4-5,10-14,17H2,2H3,(H2,28,29,30,32)/t20-/m1/s1. The molecule has 2 saturated heterocycles. The van der Waals surface area contributed by atoms with Crippen LogP contribution in [0.25, 0.3) is 10.9 Å². The zero-order valence-electron chi connectivity index (χ0n) is 20.5. The number of benzene rings is 1. The molecule has 3 aromatic rings. The van der Waals surface area contributed by atoms with Crippen molar-refractivity contribution in [2.45, 2.75) is 18.9 Å². The third kappa shape index (κ3) is 5.38. The Morgan fingerprint density at radius 3 is 2.78 bits per heavy atom. The summed E-state index contributed by atoms with van der Waals surface area (Å²) in [6.45, 7) is 8.70. The molecule has 1 amide bonds. The SMILES string of the molecule is C=CC(=O)N1CCC[C@@H](Nc2nc(Nc3ccc4nc(N5CCN(C)CC5)ccc4c3)ncc2F)C1. The Hall–Kier alpha value is -3.79. The monoisotopic (exact) mass is 490 g/mol. The first-order valence-corrected chi connectivity index (χ1v) is 12.3. The van der Waals surface area contributed by atoms with Crippen LogP contribution in [0.4, 0.5) is 27.7 Å². The van der Waals surface area contributed by atoms with Gasteiger partial charge in [0, 0.05) is 56.4 Å². The number of pyridine rings is 1. The molecule has 188 valence electrons. The van der Waals surface area contributed by atoms with Crippen molar-refractivity contribution >= 4 is 40.1 Å². The van der Waals surface area contributed by atoms with Gasteiger partial charge in [-0.1, -0.05) is 6.58 Å². The van der Waals surface area contributed by atoms with Crippen molar-refractivity contribution in [3.8, 4) is 0 Å². The van der Waals surface area contributed by atoms with Gasteiger partial charge in [0.1, 0.15) is 5.82 Å². The van der Waals surface area contributed by atoms with Gasteiger partial charge in [-0.25, -0.2) is 14.4 Å². The molecule has 0 spiro atoms. The third-order valence-electron chi connectivity index (χ3n) is 6.75. The van der Waals surface area contributed by atoms with Crippen molar-refractivity contribution in [3.63, 3.8) is 0 Å². The van der Waals surface area contributed by atoms with E-state index in [0.717, 1.165) is 67.6 Å². The minimum atomic E-state index is -0.535. The van der Waals surface area contributed by atoms with Gasteiger partial charge in [-0.2, -0.15) is 4.98 Å². The number of carbonyl (C=O) groups excluding carboxylic acids is 1. The maximum Gasteiger partial charge on any atom is 0.246 e. The van der Waals surface area contributed by atoms with Gasteiger partial charge in [0.2, 0.25) is 11.9 Å². The van der Waals surface area contributed by atoms with Crippen LogP contribution in [0.2, 0.25) is 0 Å². The summed E-state index contributed by atoms with van der Waals surface area (Å²) in [6.07, 6.45) is 4.11. The zero-order chi connectivity index (χ0) is 25.1. The normalized spacial score (nSPS) is 18.8. The molecule has 0 bridgehead atoms. The Bertz CT molecular complexity index is 1260. The first-order valence-electron chi connectivity index (χ1n) is 12.3. The molecule has 1 atom stereocenters. The fourth-order valence-corrected chi connectivity index (χ4v) is 4.68. The minimum absolute atomic E-state index is 0.0962. The Labute approximate surface area is 210 Å². The van der Waals surface area contributed by atoms with Crippen molar-refractivity contribution < 1.29 is 9.18 Å². The summed E-state index contributed by atoms with van der Waals surface area (Å²) < 4.78 is 14.5. The molecule has 2 aromatic heterocycles. The highest BCUT2D eigenvalue weighted by Crippen LogP contribution is 2.25. The number of piperazine rings is 1. The molecule has 0 aliphatic carbocycles. The Kier molecular flexibility index (Phi) is 6.95. The second kappa shape index (κ2) is 10.4. The van der Waals surface area contributed by atoms with Gasteiger partial charge in [-0.05, 0) is 56.3 Å². The number of anilines is 4. The molecule has 5 rings (SSSR count). The van der Waals surface area contributed by atoms with Crippen LogP contribution in [-0.4, -0.2) is 83.0 Å². The molecule has 0 unspecified atom stereocenters. The fourth-order valence-electron chi connectivity index (χ4n) is 4.68. The Morgan fingerprint density at radius 1 is 1.14 bits per heavy atom. The van der Waals surface area contributed by atoms with Crippen LogP contribution in [0.3, 0.4) is 0 Å². The van der Waals surface area contributed by atoms with E-state index in [1.807, 2.05) is 18.2 Å². The van der Waals surface area contributed by atoms with Crippen molar-refractivity contribution in [2.75, 3.05) is 61.8 Å². The summed E-state index contributed by atoms with van der Waals surface area (Å²) in [7, 11) is 2.14.